The lowest BCUT2D eigenvalue weighted by Gasteiger charge is -2.19. The molecule has 74 valence electrons. The van der Waals surface area contributed by atoms with Crippen LogP contribution >= 0.6 is 0 Å². The molecule has 0 heterocycles. The van der Waals surface area contributed by atoms with Crippen molar-refractivity contribution in [2.24, 2.45) is 0 Å². The number of hydrogen-bond donors (Lipinski definition) is 0. The van der Waals surface area contributed by atoms with E-state index in [9.17, 15) is 0 Å². The van der Waals surface area contributed by atoms with Gasteiger partial charge in [0, 0.05) is 0 Å². The monoisotopic (exact) mass is 186 g/mol. The summed E-state index contributed by atoms with van der Waals surface area (Å²) in [4.78, 5) is 0. The Labute approximate surface area is 86.7 Å². The first-order valence-corrected chi connectivity index (χ1v) is 5.48. The van der Waals surface area contributed by atoms with E-state index in [-0.39, 0.29) is 0 Å². The Hall–Kier alpha value is -1.04. The topological polar surface area (TPSA) is 0 Å². The quantitative estimate of drug-likeness (QED) is 0.581. The van der Waals surface area contributed by atoms with Gasteiger partial charge in [0.05, 0.1) is 0 Å². The Morgan fingerprint density at radius 3 is 2.79 bits per heavy atom. The van der Waals surface area contributed by atoms with Crippen molar-refractivity contribution in [3.63, 3.8) is 0 Å². The predicted octanol–water partition coefficient (Wildman–Crippen LogP) is 4.03. The van der Waals surface area contributed by atoms with E-state index in [2.05, 4.69) is 51.1 Å². The maximum absolute atomic E-state index is 2.38. The van der Waals surface area contributed by atoms with Crippen LogP contribution in [0.2, 0.25) is 0 Å². The van der Waals surface area contributed by atoms with Crippen LogP contribution in [0, 0.1) is 0 Å². The number of fused-ring (bicyclic) bond motifs is 1. The average Bonchev–Trinajstić information content (AvgIpc) is 2.17. The van der Waals surface area contributed by atoms with Crippen LogP contribution in [0.5, 0.6) is 0 Å². The SMILES string of the molecule is CC(C)c1ccc2c(c1)CC=CC2C. The molecular weight excluding hydrogens is 168 g/mol. The molecule has 0 heteroatoms. The fraction of sp³-hybridized carbons (Fsp3) is 0.429. The van der Waals surface area contributed by atoms with Crippen LogP contribution in [0.1, 0.15) is 49.3 Å². The van der Waals surface area contributed by atoms with Crippen LogP contribution in [0.4, 0.5) is 0 Å². The Morgan fingerprint density at radius 2 is 2.07 bits per heavy atom. The average molecular weight is 186 g/mol. The van der Waals surface area contributed by atoms with Gasteiger partial charge in [-0.15, -0.1) is 0 Å². The van der Waals surface area contributed by atoms with Crippen LogP contribution < -0.4 is 0 Å². The van der Waals surface area contributed by atoms with E-state index in [1.807, 2.05) is 0 Å². The number of hydrogen-bond acceptors (Lipinski definition) is 0. The summed E-state index contributed by atoms with van der Waals surface area (Å²) < 4.78 is 0. The Bertz CT molecular complexity index is 358. The van der Waals surface area contributed by atoms with Crippen molar-refractivity contribution >= 4 is 0 Å². The highest BCUT2D eigenvalue weighted by atomic mass is 14.2. The second kappa shape index (κ2) is 3.61. The number of rotatable bonds is 1. The second-order valence-corrected chi connectivity index (χ2v) is 4.53. The van der Waals surface area contributed by atoms with Crippen LogP contribution in [-0.4, -0.2) is 0 Å². The van der Waals surface area contributed by atoms with Crippen LogP contribution in [0.25, 0.3) is 0 Å². The molecule has 0 saturated heterocycles. The molecule has 1 atom stereocenters. The molecule has 1 aliphatic rings. The largest absolute Gasteiger partial charge is 0.0835 e. The molecule has 0 nitrogen and oxygen atoms in total. The highest BCUT2D eigenvalue weighted by molar-refractivity contribution is 5.40. The lowest BCUT2D eigenvalue weighted by Crippen LogP contribution is -2.03. The number of allylic oxidation sites excluding steroid dienone is 2. The molecular formula is C14H18. The van der Waals surface area contributed by atoms with Gasteiger partial charge in [-0.2, -0.15) is 0 Å². The zero-order chi connectivity index (χ0) is 10.1. The number of benzene rings is 1. The van der Waals surface area contributed by atoms with Crippen molar-refractivity contribution in [1.82, 2.24) is 0 Å². The van der Waals surface area contributed by atoms with Crippen molar-refractivity contribution < 1.29 is 0 Å². The molecule has 0 radical (unpaired) electrons. The molecule has 2 rings (SSSR count). The minimum atomic E-state index is 0.597. The summed E-state index contributed by atoms with van der Waals surface area (Å²) in [6.07, 6.45) is 5.70. The third-order valence-corrected chi connectivity index (χ3v) is 3.09. The van der Waals surface area contributed by atoms with Gasteiger partial charge in [-0.1, -0.05) is 51.1 Å². The second-order valence-electron chi connectivity index (χ2n) is 4.53. The van der Waals surface area contributed by atoms with E-state index in [0.29, 0.717) is 11.8 Å². The molecule has 0 bridgehead atoms. The summed E-state index contributed by atoms with van der Waals surface area (Å²) in [6.45, 7) is 6.77. The lowest BCUT2D eigenvalue weighted by molar-refractivity contribution is 0.848. The van der Waals surface area contributed by atoms with Gasteiger partial charge in [-0.05, 0) is 34.9 Å². The van der Waals surface area contributed by atoms with E-state index in [1.54, 1.807) is 0 Å². The first kappa shape index (κ1) is 9.51. The first-order chi connectivity index (χ1) is 6.68. The molecule has 0 fully saturated rings. The normalized spacial score (nSPS) is 19.9. The third-order valence-electron chi connectivity index (χ3n) is 3.09. The standard InChI is InChI=1S/C14H18/c1-10(2)12-7-8-14-11(3)5-4-6-13(14)9-12/h4-5,7-11H,6H2,1-3H3. The fourth-order valence-electron chi connectivity index (χ4n) is 2.11. The molecule has 0 N–H and O–H groups in total. The highest BCUT2D eigenvalue weighted by Gasteiger charge is 2.12. The predicted molar refractivity (Wildman–Crippen MR) is 61.8 cm³/mol. The van der Waals surface area contributed by atoms with E-state index < -0.39 is 0 Å². The van der Waals surface area contributed by atoms with Crippen LogP contribution in [0.3, 0.4) is 0 Å². The van der Waals surface area contributed by atoms with E-state index in [4.69, 9.17) is 0 Å². The molecule has 1 aliphatic carbocycles. The summed E-state index contributed by atoms with van der Waals surface area (Å²) in [7, 11) is 0. The van der Waals surface area contributed by atoms with Gasteiger partial charge in [0.25, 0.3) is 0 Å². The zero-order valence-electron chi connectivity index (χ0n) is 9.25. The van der Waals surface area contributed by atoms with Crippen molar-refractivity contribution in [1.29, 1.82) is 0 Å². The van der Waals surface area contributed by atoms with Gasteiger partial charge in [0.15, 0.2) is 0 Å². The van der Waals surface area contributed by atoms with Gasteiger partial charge in [-0.25, -0.2) is 0 Å². The molecule has 0 amide bonds. The molecule has 1 unspecified atom stereocenters. The minimum absolute atomic E-state index is 0.597. The summed E-state index contributed by atoms with van der Waals surface area (Å²) in [6, 6.07) is 6.96. The molecule has 0 saturated carbocycles. The summed E-state index contributed by atoms with van der Waals surface area (Å²) in [5.41, 5.74) is 4.49. The lowest BCUT2D eigenvalue weighted by atomic mass is 9.86. The minimum Gasteiger partial charge on any atom is -0.0835 e. The zero-order valence-corrected chi connectivity index (χ0v) is 9.25. The summed E-state index contributed by atoms with van der Waals surface area (Å²) in [5.74, 6) is 1.24. The van der Waals surface area contributed by atoms with Gasteiger partial charge in [-0.3, -0.25) is 0 Å². The Balaban J connectivity index is 2.42. The molecule has 0 aromatic heterocycles. The third kappa shape index (κ3) is 1.61. The van der Waals surface area contributed by atoms with E-state index in [1.165, 1.54) is 16.7 Å². The van der Waals surface area contributed by atoms with Crippen molar-refractivity contribution in [3.8, 4) is 0 Å². The van der Waals surface area contributed by atoms with Gasteiger partial charge < -0.3 is 0 Å². The summed E-state index contributed by atoms with van der Waals surface area (Å²) in [5, 5.41) is 0. The molecule has 1 aromatic carbocycles. The van der Waals surface area contributed by atoms with Crippen molar-refractivity contribution in [2.75, 3.05) is 0 Å². The molecule has 1 aromatic rings. The molecule has 0 spiro atoms. The van der Waals surface area contributed by atoms with Crippen LogP contribution in [0.15, 0.2) is 30.4 Å². The van der Waals surface area contributed by atoms with Gasteiger partial charge >= 0.3 is 0 Å². The fourth-order valence-corrected chi connectivity index (χ4v) is 2.11. The van der Waals surface area contributed by atoms with Crippen molar-refractivity contribution in [3.05, 3.63) is 47.0 Å². The molecule has 0 aliphatic heterocycles. The molecule has 14 heavy (non-hydrogen) atoms. The Kier molecular flexibility index (Phi) is 2.45. The van der Waals surface area contributed by atoms with Gasteiger partial charge in [0.1, 0.15) is 0 Å². The summed E-state index contributed by atoms with van der Waals surface area (Å²) >= 11 is 0. The maximum atomic E-state index is 2.38. The Morgan fingerprint density at radius 1 is 1.29 bits per heavy atom. The van der Waals surface area contributed by atoms with Crippen LogP contribution in [-0.2, 0) is 6.42 Å². The van der Waals surface area contributed by atoms with Gasteiger partial charge in [0.2, 0.25) is 0 Å². The maximum Gasteiger partial charge on any atom is -0.000748 e. The van der Waals surface area contributed by atoms with Crippen molar-refractivity contribution in [2.45, 2.75) is 39.0 Å². The van der Waals surface area contributed by atoms with E-state index >= 15 is 0 Å². The smallest absolute Gasteiger partial charge is 0.000748 e. The first-order valence-electron chi connectivity index (χ1n) is 5.48. The van der Waals surface area contributed by atoms with E-state index in [0.717, 1.165) is 6.42 Å². The highest BCUT2D eigenvalue weighted by Crippen LogP contribution is 2.28.